The summed E-state index contributed by atoms with van der Waals surface area (Å²) in [6.07, 6.45) is 0. The molecule has 1 nitrogen and oxygen atoms in total. The normalized spacial score (nSPS) is 10.4. The van der Waals surface area contributed by atoms with E-state index < -0.39 is 5.82 Å². The number of ether oxygens (including phenoxy) is 1. The third kappa shape index (κ3) is 2.62. The first-order valence-corrected chi connectivity index (χ1v) is 5.92. The molecular formula is C14H11ClF2O. The molecule has 0 saturated carbocycles. The van der Waals surface area contributed by atoms with Crippen LogP contribution in [0.5, 0.6) is 11.5 Å². The molecule has 0 radical (unpaired) electrons. The molecule has 0 amide bonds. The Morgan fingerprint density at radius 2 is 1.89 bits per heavy atom. The predicted molar refractivity (Wildman–Crippen MR) is 67.2 cm³/mol. The van der Waals surface area contributed by atoms with Crippen molar-refractivity contribution < 1.29 is 13.5 Å². The summed E-state index contributed by atoms with van der Waals surface area (Å²) in [5, 5.41) is 0. The fourth-order valence-electron chi connectivity index (χ4n) is 1.53. The smallest absolute Gasteiger partial charge is 0.134 e. The molecule has 0 heterocycles. The molecule has 0 aliphatic rings. The zero-order valence-electron chi connectivity index (χ0n) is 9.71. The van der Waals surface area contributed by atoms with Crippen molar-refractivity contribution >= 4 is 11.6 Å². The lowest BCUT2D eigenvalue weighted by Crippen LogP contribution is -1.94. The van der Waals surface area contributed by atoms with Crippen LogP contribution in [0.25, 0.3) is 0 Å². The third-order valence-electron chi connectivity index (χ3n) is 2.58. The number of aryl methyl sites for hydroxylation is 1. The van der Waals surface area contributed by atoms with E-state index in [2.05, 4.69) is 0 Å². The molecule has 0 aliphatic carbocycles. The van der Waals surface area contributed by atoms with Crippen molar-refractivity contribution in [2.75, 3.05) is 0 Å². The van der Waals surface area contributed by atoms with Crippen molar-refractivity contribution in [3.8, 4) is 11.5 Å². The van der Waals surface area contributed by atoms with E-state index in [0.717, 1.165) is 0 Å². The monoisotopic (exact) mass is 268 g/mol. The number of hydrogen-bond donors (Lipinski definition) is 0. The first-order valence-electron chi connectivity index (χ1n) is 5.39. The largest absolute Gasteiger partial charge is 0.457 e. The van der Waals surface area contributed by atoms with Gasteiger partial charge in [-0.25, -0.2) is 8.78 Å². The lowest BCUT2D eigenvalue weighted by atomic mass is 10.2. The van der Waals surface area contributed by atoms with Crippen molar-refractivity contribution in [3.05, 3.63) is 59.2 Å². The Balaban J connectivity index is 2.34. The number of benzene rings is 2. The van der Waals surface area contributed by atoms with Gasteiger partial charge in [-0.05, 0) is 30.7 Å². The van der Waals surface area contributed by atoms with Gasteiger partial charge < -0.3 is 4.74 Å². The van der Waals surface area contributed by atoms with Crippen LogP contribution in [-0.4, -0.2) is 0 Å². The number of alkyl halides is 1. The molecule has 94 valence electrons. The molecule has 0 atom stereocenters. The summed E-state index contributed by atoms with van der Waals surface area (Å²) in [7, 11) is 0. The highest BCUT2D eigenvalue weighted by molar-refractivity contribution is 6.17. The Morgan fingerprint density at radius 1 is 1.11 bits per heavy atom. The zero-order chi connectivity index (χ0) is 13.1. The first-order chi connectivity index (χ1) is 8.61. The molecule has 0 bridgehead atoms. The van der Waals surface area contributed by atoms with Gasteiger partial charge >= 0.3 is 0 Å². The summed E-state index contributed by atoms with van der Waals surface area (Å²) in [5.74, 6) is -0.189. The standard InChI is InChI=1S/C14H11ClF2O/c1-9-5-6-10(7-13(9)17)18-14-4-2-3-12(16)11(14)8-15/h2-7H,8H2,1H3. The predicted octanol–water partition coefficient (Wildman–Crippen LogP) is 4.80. The summed E-state index contributed by atoms with van der Waals surface area (Å²) in [5.41, 5.74) is 0.791. The van der Waals surface area contributed by atoms with E-state index in [1.165, 1.54) is 18.2 Å². The van der Waals surface area contributed by atoms with Crippen LogP contribution in [0.2, 0.25) is 0 Å². The van der Waals surface area contributed by atoms with Crippen molar-refractivity contribution in [1.82, 2.24) is 0 Å². The maximum Gasteiger partial charge on any atom is 0.134 e. The highest BCUT2D eigenvalue weighted by atomic mass is 35.5. The molecule has 0 spiro atoms. The van der Waals surface area contributed by atoms with Gasteiger partial charge in [0.2, 0.25) is 0 Å². The quantitative estimate of drug-likeness (QED) is 0.726. The highest BCUT2D eigenvalue weighted by Gasteiger charge is 2.10. The molecule has 2 rings (SSSR count). The first kappa shape index (κ1) is 12.8. The van der Waals surface area contributed by atoms with Crippen LogP contribution in [0, 0.1) is 18.6 Å². The fraction of sp³-hybridized carbons (Fsp3) is 0.143. The highest BCUT2D eigenvalue weighted by Crippen LogP contribution is 2.29. The van der Waals surface area contributed by atoms with Crippen molar-refractivity contribution in [3.63, 3.8) is 0 Å². The SMILES string of the molecule is Cc1ccc(Oc2cccc(F)c2CCl)cc1F. The molecule has 0 saturated heterocycles. The van der Waals surface area contributed by atoms with Gasteiger partial charge in [0.05, 0.1) is 5.88 Å². The van der Waals surface area contributed by atoms with E-state index in [0.29, 0.717) is 17.1 Å². The van der Waals surface area contributed by atoms with Crippen LogP contribution in [0.15, 0.2) is 36.4 Å². The second-order valence-corrected chi connectivity index (χ2v) is 4.13. The molecule has 2 aromatic carbocycles. The van der Waals surface area contributed by atoms with Gasteiger partial charge in [-0.2, -0.15) is 0 Å². The molecule has 0 aromatic heterocycles. The Morgan fingerprint density at radius 3 is 2.56 bits per heavy atom. The minimum absolute atomic E-state index is 0.00362. The van der Waals surface area contributed by atoms with Gasteiger partial charge in [0.25, 0.3) is 0 Å². The van der Waals surface area contributed by atoms with E-state index in [-0.39, 0.29) is 17.3 Å². The minimum Gasteiger partial charge on any atom is -0.457 e. The minimum atomic E-state index is -0.435. The van der Waals surface area contributed by atoms with Crippen molar-refractivity contribution in [2.45, 2.75) is 12.8 Å². The van der Waals surface area contributed by atoms with Gasteiger partial charge in [-0.15, -0.1) is 11.6 Å². The van der Waals surface area contributed by atoms with Crippen LogP contribution in [-0.2, 0) is 5.88 Å². The van der Waals surface area contributed by atoms with Gasteiger partial charge in [0.15, 0.2) is 0 Å². The Hall–Kier alpha value is -1.61. The van der Waals surface area contributed by atoms with Gasteiger partial charge in [-0.3, -0.25) is 0 Å². The maximum atomic E-state index is 13.5. The second kappa shape index (κ2) is 5.36. The van der Waals surface area contributed by atoms with Crippen molar-refractivity contribution in [1.29, 1.82) is 0 Å². The van der Waals surface area contributed by atoms with Gasteiger partial charge in [-0.1, -0.05) is 12.1 Å². The van der Waals surface area contributed by atoms with Gasteiger partial charge in [0.1, 0.15) is 23.1 Å². The van der Waals surface area contributed by atoms with Crippen LogP contribution >= 0.6 is 11.6 Å². The molecule has 0 unspecified atom stereocenters. The molecule has 0 N–H and O–H groups in total. The molecule has 4 heteroatoms. The van der Waals surface area contributed by atoms with Crippen LogP contribution in [0.3, 0.4) is 0 Å². The molecule has 18 heavy (non-hydrogen) atoms. The van der Waals surface area contributed by atoms with E-state index >= 15 is 0 Å². The summed E-state index contributed by atoms with van der Waals surface area (Å²) in [6.45, 7) is 1.66. The average Bonchev–Trinajstić information content (AvgIpc) is 2.34. The zero-order valence-corrected chi connectivity index (χ0v) is 10.5. The summed E-state index contributed by atoms with van der Waals surface area (Å²) in [6, 6.07) is 8.91. The number of hydrogen-bond acceptors (Lipinski definition) is 1. The fourth-order valence-corrected chi connectivity index (χ4v) is 1.79. The van der Waals surface area contributed by atoms with Gasteiger partial charge in [0, 0.05) is 11.6 Å². The lowest BCUT2D eigenvalue weighted by Gasteiger charge is -2.10. The maximum absolute atomic E-state index is 13.5. The van der Waals surface area contributed by atoms with Crippen LogP contribution < -0.4 is 4.74 Å². The van der Waals surface area contributed by atoms with E-state index in [1.54, 1.807) is 25.1 Å². The van der Waals surface area contributed by atoms with E-state index in [1.807, 2.05) is 0 Å². The van der Waals surface area contributed by atoms with E-state index in [4.69, 9.17) is 16.3 Å². The molecular weight excluding hydrogens is 258 g/mol. The Bertz CT molecular complexity index is 570. The van der Waals surface area contributed by atoms with Crippen LogP contribution in [0.1, 0.15) is 11.1 Å². The number of halogens is 3. The topological polar surface area (TPSA) is 9.23 Å². The van der Waals surface area contributed by atoms with Crippen LogP contribution in [0.4, 0.5) is 8.78 Å². The molecule has 0 fully saturated rings. The molecule has 0 aliphatic heterocycles. The average molecular weight is 269 g/mol. The van der Waals surface area contributed by atoms with E-state index in [9.17, 15) is 8.78 Å². The Kier molecular flexibility index (Phi) is 3.82. The van der Waals surface area contributed by atoms with Crippen molar-refractivity contribution in [2.24, 2.45) is 0 Å². The second-order valence-electron chi connectivity index (χ2n) is 3.86. The Labute approximate surface area is 109 Å². The lowest BCUT2D eigenvalue weighted by molar-refractivity contribution is 0.465. The molecule has 2 aromatic rings. The summed E-state index contributed by atoms with van der Waals surface area (Å²) >= 11 is 5.67. The summed E-state index contributed by atoms with van der Waals surface area (Å²) < 4.78 is 32.3. The summed E-state index contributed by atoms with van der Waals surface area (Å²) in [4.78, 5) is 0. The third-order valence-corrected chi connectivity index (χ3v) is 2.85. The number of rotatable bonds is 3.